The molecule has 1 aromatic heterocycles. The molecule has 0 aliphatic heterocycles. The highest BCUT2D eigenvalue weighted by molar-refractivity contribution is 7.12. The van der Waals surface area contributed by atoms with Gasteiger partial charge in [0.1, 0.15) is 10.9 Å². The molecule has 15 heavy (non-hydrogen) atoms. The molecule has 80 valence electrons. The lowest BCUT2D eigenvalue weighted by Gasteiger charge is -2.16. The summed E-state index contributed by atoms with van der Waals surface area (Å²) in [5.74, 6) is 0.806. The van der Waals surface area contributed by atoms with Crippen LogP contribution >= 0.6 is 11.3 Å². The van der Waals surface area contributed by atoms with E-state index >= 15 is 0 Å². The van der Waals surface area contributed by atoms with Crippen LogP contribution in [0.25, 0.3) is 0 Å². The van der Waals surface area contributed by atoms with E-state index in [9.17, 15) is 0 Å². The number of nitriles is 1. The Hall–Kier alpha value is -0.850. The first-order valence-electron chi connectivity index (χ1n) is 5.52. The highest BCUT2D eigenvalue weighted by Crippen LogP contribution is 2.25. The summed E-state index contributed by atoms with van der Waals surface area (Å²) in [7, 11) is 0. The summed E-state index contributed by atoms with van der Waals surface area (Å²) in [5.41, 5.74) is 0. The quantitative estimate of drug-likeness (QED) is 0.850. The van der Waals surface area contributed by atoms with Gasteiger partial charge in [-0.15, -0.1) is 11.3 Å². The third-order valence-corrected chi connectivity index (χ3v) is 4.16. The molecular formula is C12H16N2S. The maximum absolute atomic E-state index is 8.71. The molecule has 3 heteroatoms. The topological polar surface area (TPSA) is 35.8 Å². The Morgan fingerprint density at radius 3 is 3.00 bits per heavy atom. The predicted octanol–water partition coefficient (Wildman–Crippen LogP) is 2.90. The monoisotopic (exact) mass is 220 g/mol. The van der Waals surface area contributed by atoms with Gasteiger partial charge in [0.2, 0.25) is 0 Å². The van der Waals surface area contributed by atoms with Crippen LogP contribution in [0.3, 0.4) is 0 Å². The molecule has 1 heterocycles. The fourth-order valence-electron chi connectivity index (χ4n) is 2.21. The van der Waals surface area contributed by atoms with Crippen molar-refractivity contribution in [2.24, 2.45) is 5.92 Å². The van der Waals surface area contributed by atoms with Crippen LogP contribution < -0.4 is 5.32 Å². The SMILES string of the molecule is CC1CCCC1NCc1ccc(C#N)s1. The Morgan fingerprint density at radius 2 is 2.40 bits per heavy atom. The zero-order chi connectivity index (χ0) is 10.7. The van der Waals surface area contributed by atoms with Crippen LogP contribution in [0.4, 0.5) is 0 Å². The summed E-state index contributed by atoms with van der Waals surface area (Å²) in [6.07, 6.45) is 4.01. The predicted molar refractivity (Wildman–Crippen MR) is 62.7 cm³/mol. The third-order valence-electron chi connectivity index (χ3n) is 3.17. The molecule has 1 N–H and O–H groups in total. The molecule has 0 bridgehead atoms. The van der Waals surface area contributed by atoms with E-state index in [1.807, 2.05) is 6.07 Å². The molecule has 2 nitrogen and oxygen atoms in total. The molecule has 1 saturated carbocycles. The zero-order valence-corrected chi connectivity index (χ0v) is 9.81. The van der Waals surface area contributed by atoms with E-state index in [0.29, 0.717) is 6.04 Å². The lowest BCUT2D eigenvalue weighted by molar-refractivity contribution is 0.427. The van der Waals surface area contributed by atoms with Crippen molar-refractivity contribution in [1.82, 2.24) is 5.32 Å². The van der Waals surface area contributed by atoms with Crippen LogP contribution in [-0.4, -0.2) is 6.04 Å². The maximum atomic E-state index is 8.71. The Kier molecular flexibility index (Phi) is 3.40. The van der Waals surface area contributed by atoms with Gasteiger partial charge >= 0.3 is 0 Å². The van der Waals surface area contributed by atoms with Gasteiger partial charge < -0.3 is 5.32 Å². The average molecular weight is 220 g/mol. The van der Waals surface area contributed by atoms with Crippen LogP contribution in [0, 0.1) is 17.2 Å². The number of rotatable bonds is 3. The third kappa shape index (κ3) is 2.58. The highest BCUT2D eigenvalue weighted by Gasteiger charge is 2.22. The second-order valence-corrected chi connectivity index (χ2v) is 5.44. The largest absolute Gasteiger partial charge is 0.309 e. The summed E-state index contributed by atoms with van der Waals surface area (Å²) < 4.78 is 0. The van der Waals surface area contributed by atoms with Crippen molar-refractivity contribution in [2.75, 3.05) is 0 Å². The average Bonchev–Trinajstić information content (AvgIpc) is 2.84. The molecule has 1 fully saturated rings. The van der Waals surface area contributed by atoms with E-state index in [2.05, 4.69) is 24.4 Å². The lowest BCUT2D eigenvalue weighted by atomic mass is 10.1. The van der Waals surface area contributed by atoms with Crippen LogP contribution in [0.5, 0.6) is 0 Å². The fraction of sp³-hybridized carbons (Fsp3) is 0.583. The molecule has 0 spiro atoms. The lowest BCUT2D eigenvalue weighted by Crippen LogP contribution is -2.30. The molecule has 2 unspecified atom stereocenters. The summed E-state index contributed by atoms with van der Waals surface area (Å²) in [6, 6.07) is 6.81. The van der Waals surface area contributed by atoms with Crippen LogP contribution in [0.1, 0.15) is 35.9 Å². The first-order chi connectivity index (χ1) is 7.29. The second-order valence-electron chi connectivity index (χ2n) is 4.27. The van der Waals surface area contributed by atoms with Crippen molar-refractivity contribution >= 4 is 11.3 Å². The van der Waals surface area contributed by atoms with E-state index in [0.717, 1.165) is 17.3 Å². The molecule has 1 aromatic rings. The minimum Gasteiger partial charge on any atom is -0.309 e. The summed E-state index contributed by atoms with van der Waals surface area (Å²) in [6.45, 7) is 3.24. The Labute approximate surface area is 94.9 Å². The van der Waals surface area contributed by atoms with Gasteiger partial charge in [-0.3, -0.25) is 0 Å². The molecule has 0 aromatic carbocycles. The number of thiophene rings is 1. The minimum atomic E-state index is 0.678. The summed E-state index contributed by atoms with van der Waals surface area (Å²) in [4.78, 5) is 2.08. The fourth-order valence-corrected chi connectivity index (χ4v) is 2.97. The van der Waals surface area contributed by atoms with Crippen molar-refractivity contribution in [2.45, 2.75) is 38.8 Å². The molecule has 0 amide bonds. The molecule has 2 atom stereocenters. The second kappa shape index (κ2) is 4.78. The standard InChI is InChI=1S/C12H16N2S/c1-9-3-2-4-12(9)14-8-11-6-5-10(7-13)15-11/h5-6,9,12,14H,2-4,8H2,1H3. The summed E-state index contributed by atoms with van der Waals surface area (Å²) in [5, 5.41) is 12.3. The molecular weight excluding hydrogens is 204 g/mol. The van der Waals surface area contributed by atoms with Crippen molar-refractivity contribution in [3.8, 4) is 6.07 Å². The zero-order valence-electron chi connectivity index (χ0n) is 8.99. The Balaban J connectivity index is 1.85. The maximum Gasteiger partial charge on any atom is 0.110 e. The van der Waals surface area contributed by atoms with Gasteiger partial charge in [0, 0.05) is 17.5 Å². The summed E-state index contributed by atoms with van der Waals surface area (Å²) >= 11 is 1.59. The van der Waals surface area contributed by atoms with Gasteiger partial charge in [-0.05, 0) is 30.9 Å². The number of nitrogens with one attached hydrogen (secondary N) is 1. The molecule has 0 saturated heterocycles. The molecule has 1 aliphatic carbocycles. The highest BCUT2D eigenvalue weighted by atomic mass is 32.1. The van der Waals surface area contributed by atoms with E-state index in [-0.39, 0.29) is 0 Å². The smallest absolute Gasteiger partial charge is 0.110 e. The first kappa shape index (κ1) is 10.7. The van der Waals surface area contributed by atoms with E-state index in [4.69, 9.17) is 5.26 Å². The van der Waals surface area contributed by atoms with Gasteiger partial charge in [0.15, 0.2) is 0 Å². The van der Waals surface area contributed by atoms with Gasteiger partial charge in [-0.25, -0.2) is 0 Å². The van der Waals surface area contributed by atoms with E-state index < -0.39 is 0 Å². The molecule has 0 radical (unpaired) electrons. The van der Waals surface area contributed by atoms with Crippen molar-refractivity contribution < 1.29 is 0 Å². The van der Waals surface area contributed by atoms with Gasteiger partial charge in [-0.2, -0.15) is 5.26 Å². The van der Waals surface area contributed by atoms with Crippen molar-refractivity contribution in [1.29, 1.82) is 5.26 Å². The van der Waals surface area contributed by atoms with Crippen molar-refractivity contribution in [3.05, 3.63) is 21.9 Å². The Morgan fingerprint density at radius 1 is 1.53 bits per heavy atom. The molecule has 2 rings (SSSR count). The molecule has 1 aliphatic rings. The number of hydrogen-bond donors (Lipinski definition) is 1. The minimum absolute atomic E-state index is 0.678. The number of hydrogen-bond acceptors (Lipinski definition) is 3. The van der Waals surface area contributed by atoms with Crippen LogP contribution in [-0.2, 0) is 6.54 Å². The van der Waals surface area contributed by atoms with Crippen molar-refractivity contribution in [3.63, 3.8) is 0 Å². The number of nitrogens with zero attached hydrogens (tertiary/aromatic N) is 1. The van der Waals surface area contributed by atoms with Crippen LogP contribution in [0.15, 0.2) is 12.1 Å². The van der Waals surface area contributed by atoms with Gasteiger partial charge in [0.25, 0.3) is 0 Å². The van der Waals surface area contributed by atoms with Crippen LogP contribution in [0.2, 0.25) is 0 Å². The first-order valence-corrected chi connectivity index (χ1v) is 6.33. The van der Waals surface area contributed by atoms with E-state index in [1.165, 1.54) is 24.1 Å². The van der Waals surface area contributed by atoms with Gasteiger partial charge in [-0.1, -0.05) is 13.3 Å². The van der Waals surface area contributed by atoms with E-state index in [1.54, 1.807) is 11.3 Å². The normalized spacial score (nSPS) is 25.3. The Bertz CT molecular complexity index is 364. The van der Waals surface area contributed by atoms with Gasteiger partial charge in [0.05, 0.1) is 0 Å².